The number of anilines is 1. The van der Waals surface area contributed by atoms with E-state index >= 15 is 0 Å². The van der Waals surface area contributed by atoms with Crippen molar-refractivity contribution in [1.29, 1.82) is 0 Å². The van der Waals surface area contributed by atoms with Crippen LogP contribution >= 0.6 is 15.9 Å². The molecule has 1 heterocycles. The third-order valence-corrected chi connectivity index (χ3v) is 4.80. The predicted octanol–water partition coefficient (Wildman–Crippen LogP) is 4.10. The number of hydrogen-bond donors (Lipinski definition) is 1. The Morgan fingerprint density at radius 1 is 1.33 bits per heavy atom. The molecule has 0 aliphatic heterocycles. The van der Waals surface area contributed by atoms with Crippen molar-refractivity contribution in [3.05, 3.63) is 28.5 Å². The normalized spacial score (nSPS) is 15.6. The lowest BCUT2D eigenvalue weighted by Gasteiger charge is -2.08. The van der Waals surface area contributed by atoms with E-state index in [1.165, 1.54) is 25.7 Å². The maximum atomic E-state index is 6.31. The summed E-state index contributed by atoms with van der Waals surface area (Å²) in [4.78, 5) is 4.85. The Balaban J connectivity index is 2.11. The molecule has 0 amide bonds. The van der Waals surface area contributed by atoms with Gasteiger partial charge in [0.15, 0.2) is 0 Å². The fraction of sp³-hybridized carbons (Fsp3) is 0.438. The first-order valence-corrected chi connectivity index (χ1v) is 8.07. The van der Waals surface area contributed by atoms with Crippen molar-refractivity contribution in [3.63, 3.8) is 0 Å². The second kappa shape index (κ2) is 5.72. The Morgan fingerprint density at radius 2 is 2.05 bits per heavy atom. The van der Waals surface area contributed by atoms with Gasteiger partial charge < -0.3 is 15.0 Å². The number of nitrogens with two attached hydrogens (primary N) is 1. The summed E-state index contributed by atoms with van der Waals surface area (Å²) in [6.07, 6.45) is 4.98. The SMILES string of the molecule is COc1ccc(Br)cc1-c1nc(C2CCCC2)n(C)c1N. The summed E-state index contributed by atoms with van der Waals surface area (Å²) in [5, 5.41) is 0. The van der Waals surface area contributed by atoms with Crippen LogP contribution in [0.4, 0.5) is 5.82 Å². The summed E-state index contributed by atoms with van der Waals surface area (Å²) in [7, 11) is 3.67. The number of ether oxygens (including phenoxy) is 1. The van der Waals surface area contributed by atoms with Gasteiger partial charge in [-0.3, -0.25) is 0 Å². The Labute approximate surface area is 133 Å². The minimum Gasteiger partial charge on any atom is -0.496 e. The largest absolute Gasteiger partial charge is 0.496 e. The highest BCUT2D eigenvalue weighted by Crippen LogP contribution is 2.39. The van der Waals surface area contributed by atoms with E-state index in [0.29, 0.717) is 11.7 Å². The third-order valence-electron chi connectivity index (χ3n) is 4.31. The van der Waals surface area contributed by atoms with Crippen molar-refractivity contribution in [2.24, 2.45) is 7.05 Å². The summed E-state index contributed by atoms with van der Waals surface area (Å²) < 4.78 is 8.48. The van der Waals surface area contributed by atoms with E-state index in [4.69, 9.17) is 15.5 Å². The standard InChI is InChI=1S/C16H20BrN3O/c1-20-15(18)14(19-16(20)10-5-3-4-6-10)12-9-11(17)7-8-13(12)21-2/h7-10H,3-6,18H2,1-2H3. The lowest BCUT2D eigenvalue weighted by Crippen LogP contribution is -2.05. The van der Waals surface area contributed by atoms with Crippen molar-refractivity contribution in [2.45, 2.75) is 31.6 Å². The van der Waals surface area contributed by atoms with Gasteiger partial charge in [0, 0.05) is 23.0 Å². The Kier molecular flexibility index (Phi) is 3.93. The number of benzene rings is 1. The van der Waals surface area contributed by atoms with Gasteiger partial charge in [0.05, 0.1) is 7.11 Å². The average molecular weight is 350 g/mol. The first-order chi connectivity index (χ1) is 10.1. The zero-order chi connectivity index (χ0) is 15.0. The number of aromatic nitrogens is 2. The summed E-state index contributed by atoms with van der Waals surface area (Å²) in [6, 6.07) is 5.90. The van der Waals surface area contributed by atoms with Gasteiger partial charge in [0.2, 0.25) is 0 Å². The van der Waals surface area contributed by atoms with Crippen LogP contribution in [0.15, 0.2) is 22.7 Å². The van der Waals surface area contributed by atoms with Gasteiger partial charge in [-0.05, 0) is 31.0 Å². The van der Waals surface area contributed by atoms with Crippen LogP contribution in [0.25, 0.3) is 11.3 Å². The number of nitrogens with zero attached hydrogens (tertiary/aromatic N) is 2. The van der Waals surface area contributed by atoms with E-state index in [0.717, 1.165) is 27.3 Å². The molecule has 2 aromatic rings. The summed E-state index contributed by atoms with van der Waals surface area (Å²) in [5.41, 5.74) is 8.06. The molecule has 0 atom stereocenters. The lowest BCUT2D eigenvalue weighted by molar-refractivity contribution is 0.416. The first kappa shape index (κ1) is 14.4. The molecule has 0 spiro atoms. The fourth-order valence-corrected chi connectivity index (χ4v) is 3.50. The molecule has 112 valence electrons. The highest BCUT2D eigenvalue weighted by atomic mass is 79.9. The van der Waals surface area contributed by atoms with Gasteiger partial charge in [-0.2, -0.15) is 0 Å². The molecule has 1 saturated carbocycles. The van der Waals surface area contributed by atoms with Crippen LogP contribution in [0, 0.1) is 0 Å². The summed E-state index contributed by atoms with van der Waals surface area (Å²) in [5.74, 6) is 3.13. The monoisotopic (exact) mass is 349 g/mol. The van der Waals surface area contributed by atoms with Gasteiger partial charge in [-0.25, -0.2) is 4.98 Å². The number of hydrogen-bond acceptors (Lipinski definition) is 3. The molecule has 0 unspecified atom stereocenters. The van der Waals surface area contributed by atoms with Crippen LogP contribution in [-0.2, 0) is 7.05 Å². The number of methoxy groups -OCH3 is 1. The molecule has 4 nitrogen and oxygen atoms in total. The van der Waals surface area contributed by atoms with E-state index in [1.807, 2.05) is 29.8 Å². The number of halogens is 1. The number of rotatable bonds is 3. The first-order valence-electron chi connectivity index (χ1n) is 7.27. The summed E-state index contributed by atoms with van der Waals surface area (Å²) in [6.45, 7) is 0. The van der Waals surface area contributed by atoms with Crippen molar-refractivity contribution in [1.82, 2.24) is 9.55 Å². The number of nitrogen functional groups attached to an aromatic ring is 1. The molecule has 3 rings (SSSR count). The zero-order valence-corrected chi connectivity index (χ0v) is 14.0. The molecule has 1 aliphatic rings. The minimum absolute atomic E-state index is 0.532. The predicted molar refractivity (Wildman–Crippen MR) is 88.5 cm³/mol. The Hall–Kier alpha value is -1.49. The van der Waals surface area contributed by atoms with E-state index in [-0.39, 0.29) is 0 Å². The zero-order valence-electron chi connectivity index (χ0n) is 12.4. The van der Waals surface area contributed by atoms with Crippen molar-refractivity contribution < 1.29 is 4.74 Å². The molecule has 5 heteroatoms. The van der Waals surface area contributed by atoms with Crippen LogP contribution in [0.1, 0.15) is 37.4 Å². The van der Waals surface area contributed by atoms with Crippen LogP contribution in [0.5, 0.6) is 5.75 Å². The highest BCUT2D eigenvalue weighted by molar-refractivity contribution is 9.10. The van der Waals surface area contributed by atoms with Gasteiger partial charge in [0.25, 0.3) is 0 Å². The lowest BCUT2D eigenvalue weighted by atomic mass is 10.1. The quantitative estimate of drug-likeness (QED) is 0.907. The molecule has 1 aromatic heterocycles. The minimum atomic E-state index is 0.532. The molecule has 21 heavy (non-hydrogen) atoms. The highest BCUT2D eigenvalue weighted by Gasteiger charge is 2.25. The van der Waals surface area contributed by atoms with Crippen molar-refractivity contribution >= 4 is 21.7 Å². The maximum Gasteiger partial charge on any atom is 0.131 e. The molecule has 1 aromatic carbocycles. The molecule has 0 saturated heterocycles. The van der Waals surface area contributed by atoms with Crippen molar-refractivity contribution in [2.75, 3.05) is 12.8 Å². The third kappa shape index (κ3) is 2.55. The van der Waals surface area contributed by atoms with Crippen LogP contribution in [0.2, 0.25) is 0 Å². The maximum absolute atomic E-state index is 6.31. The molecule has 0 radical (unpaired) electrons. The molecular weight excluding hydrogens is 330 g/mol. The topological polar surface area (TPSA) is 53.1 Å². The Morgan fingerprint density at radius 3 is 2.71 bits per heavy atom. The molecule has 1 aliphatic carbocycles. The Bertz CT molecular complexity index is 660. The molecule has 2 N–H and O–H groups in total. The van der Waals surface area contributed by atoms with Crippen LogP contribution in [-0.4, -0.2) is 16.7 Å². The van der Waals surface area contributed by atoms with Gasteiger partial charge in [-0.15, -0.1) is 0 Å². The van der Waals surface area contributed by atoms with E-state index < -0.39 is 0 Å². The smallest absolute Gasteiger partial charge is 0.131 e. The van der Waals surface area contributed by atoms with E-state index in [9.17, 15) is 0 Å². The summed E-state index contributed by atoms with van der Waals surface area (Å²) >= 11 is 3.51. The van der Waals surface area contributed by atoms with E-state index in [2.05, 4.69) is 15.9 Å². The second-order valence-corrected chi connectivity index (χ2v) is 6.50. The fourth-order valence-electron chi connectivity index (χ4n) is 3.14. The van der Waals surface area contributed by atoms with Gasteiger partial charge >= 0.3 is 0 Å². The van der Waals surface area contributed by atoms with Crippen LogP contribution in [0.3, 0.4) is 0 Å². The number of imidazole rings is 1. The molecule has 0 bridgehead atoms. The average Bonchev–Trinajstić information content (AvgIpc) is 3.09. The van der Waals surface area contributed by atoms with Crippen molar-refractivity contribution in [3.8, 4) is 17.0 Å². The molecular formula is C16H20BrN3O. The second-order valence-electron chi connectivity index (χ2n) is 5.59. The van der Waals surface area contributed by atoms with Crippen LogP contribution < -0.4 is 10.5 Å². The van der Waals surface area contributed by atoms with E-state index in [1.54, 1.807) is 7.11 Å². The molecule has 1 fully saturated rings. The van der Waals surface area contributed by atoms with Gasteiger partial charge in [0.1, 0.15) is 23.1 Å². The van der Waals surface area contributed by atoms with Gasteiger partial charge in [-0.1, -0.05) is 28.8 Å².